The predicted octanol–water partition coefficient (Wildman–Crippen LogP) is 3.27. The summed E-state index contributed by atoms with van der Waals surface area (Å²) in [6.07, 6.45) is -4.08. The number of benzene rings is 2. The number of carbonyl (C=O) groups is 3. The zero-order valence-corrected chi connectivity index (χ0v) is 21.1. The molecule has 3 aliphatic rings. The molecular weight excluding hydrogens is 518 g/mol. The van der Waals surface area contributed by atoms with Gasteiger partial charge in [-0.15, -0.1) is 0 Å². The largest absolute Gasteiger partial charge is 0.490 e. The van der Waals surface area contributed by atoms with Gasteiger partial charge in [0.25, 0.3) is 5.91 Å². The summed E-state index contributed by atoms with van der Waals surface area (Å²) < 4.78 is 57.0. The lowest BCUT2D eigenvalue weighted by molar-refractivity contribution is -0.207. The molecule has 1 aliphatic carbocycles. The molecule has 2 heterocycles. The number of amides is 2. The molecule has 3 fully saturated rings. The van der Waals surface area contributed by atoms with Crippen LogP contribution in [0.3, 0.4) is 0 Å². The van der Waals surface area contributed by atoms with Crippen molar-refractivity contribution >= 4 is 17.8 Å². The highest BCUT2D eigenvalue weighted by Gasteiger charge is 2.66. The van der Waals surface area contributed by atoms with Crippen LogP contribution in [0.4, 0.5) is 17.6 Å². The van der Waals surface area contributed by atoms with Gasteiger partial charge in [0, 0.05) is 37.9 Å². The fourth-order valence-electron chi connectivity index (χ4n) is 6.03. The molecule has 2 N–H and O–H groups in total. The molecular formula is C28H29F4N3O4. The first-order chi connectivity index (χ1) is 18.5. The molecule has 7 nitrogen and oxygen atoms in total. The smallest absolute Gasteiger partial charge is 0.442 e. The van der Waals surface area contributed by atoms with Crippen molar-refractivity contribution in [2.24, 2.45) is 5.41 Å². The van der Waals surface area contributed by atoms with Crippen LogP contribution in [-0.2, 0) is 19.1 Å². The molecule has 2 saturated heterocycles. The van der Waals surface area contributed by atoms with Crippen LogP contribution in [0.1, 0.15) is 42.2 Å². The van der Waals surface area contributed by atoms with Crippen molar-refractivity contribution < 1.29 is 36.7 Å². The second kappa shape index (κ2) is 10.3. The van der Waals surface area contributed by atoms with Crippen LogP contribution in [-0.4, -0.2) is 67.2 Å². The van der Waals surface area contributed by atoms with E-state index >= 15 is 0 Å². The zero-order valence-electron chi connectivity index (χ0n) is 21.1. The van der Waals surface area contributed by atoms with E-state index in [0.29, 0.717) is 44.6 Å². The van der Waals surface area contributed by atoms with E-state index in [9.17, 15) is 31.9 Å². The van der Waals surface area contributed by atoms with Gasteiger partial charge < -0.3 is 20.3 Å². The number of alkyl halides is 3. The van der Waals surface area contributed by atoms with E-state index in [4.69, 9.17) is 4.74 Å². The number of hydrogen-bond acceptors (Lipinski definition) is 5. The summed E-state index contributed by atoms with van der Waals surface area (Å²) in [5, 5.41) is 5.61. The van der Waals surface area contributed by atoms with Gasteiger partial charge in [-0.1, -0.05) is 42.5 Å². The van der Waals surface area contributed by atoms with Crippen molar-refractivity contribution in [3.05, 3.63) is 71.5 Å². The van der Waals surface area contributed by atoms with Gasteiger partial charge >= 0.3 is 12.1 Å². The Hall–Kier alpha value is -3.47. The van der Waals surface area contributed by atoms with E-state index in [0.717, 1.165) is 5.56 Å². The van der Waals surface area contributed by atoms with Crippen molar-refractivity contribution in [3.63, 3.8) is 0 Å². The first kappa shape index (κ1) is 27.1. The Morgan fingerprint density at radius 3 is 2.28 bits per heavy atom. The number of hydrogen-bond donors (Lipinski definition) is 2. The number of ether oxygens (including phenoxy) is 1. The molecule has 0 radical (unpaired) electrons. The SMILES string of the molecule is O=C(OC1(C(=O)NCCN2CCC3(CC2)C(=O)NC[C@@H]3c2ccc(F)cc2)CC1c1ccccc1)C(F)(F)F. The fraction of sp³-hybridized carbons (Fsp3) is 0.464. The van der Waals surface area contributed by atoms with Crippen LogP contribution in [0.5, 0.6) is 0 Å². The number of nitrogens with one attached hydrogen (secondary N) is 2. The second-order valence-corrected chi connectivity index (χ2v) is 10.5. The summed E-state index contributed by atoms with van der Waals surface area (Å²) in [6.45, 7) is 2.22. The van der Waals surface area contributed by atoms with Gasteiger partial charge in [0.2, 0.25) is 5.91 Å². The summed E-state index contributed by atoms with van der Waals surface area (Å²) in [4.78, 5) is 39.6. The van der Waals surface area contributed by atoms with Gasteiger partial charge in [0.05, 0.1) is 5.41 Å². The van der Waals surface area contributed by atoms with E-state index in [-0.39, 0.29) is 30.6 Å². The number of halogens is 4. The molecule has 208 valence electrons. The molecule has 1 spiro atoms. The van der Waals surface area contributed by atoms with Gasteiger partial charge in [-0.2, -0.15) is 13.2 Å². The van der Waals surface area contributed by atoms with E-state index < -0.39 is 35.0 Å². The Kier molecular flexibility index (Phi) is 7.13. The summed E-state index contributed by atoms with van der Waals surface area (Å²) in [5.41, 5.74) is -0.963. The monoisotopic (exact) mass is 547 g/mol. The normalized spacial score (nSPS) is 26.2. The third-order valence-corrected chi connectivity index (χ3v) is 8.32. The van der Waals surface area contributed by atoms with Crippen LogP contribution in [0.15, 0.2) is 54.6 Å². The molecule has 3 atom stereocenters. The Morgan fingerprint density at radius 1 is 1.00 bits per heavy atom. The minimum atomic E-state index is -5.21. The average molecular weight is 548 g/mol. The lowest BCUT2D eigenvalue weighted by atomic mass is 9.68. The summed E-state index contributed by atoms with van der Waals surface area (Å²) in [5.74, 6) is -4.22. The minimum Gasteiger partial charge on any atom is -0.442 e. The fourth-order valence-corrected chi connectivity index (χ4v) is 6.03. The molecule has 0 bridgehead atoms. The van der Waals surface area contributed by atoms with Crippen molar-refractivity contribution in [2.45, 2.75) is 42.9 Å². The predicted molar refractivity (Wildman–Crippen MR) is 132 cm³/mol. The lowest BCUT2D eigenvalue weighted by Gasteiger charge is -2.41. The zero-order chi connectivity index (χ0) is 27.8. The molecule has 2 unspecified atom stereocenters. The topological polar surface area (TPSA) is 87.7 Å². The third-order valence-electron chi connectivity index (χ3n) is 8.32. The summed E-state index contributed by atoms with van der Waals surface area (Å²) >= 11 is 0. The Labute approximate surface area is 222 Å². The van der Waals surface area contributed by atoms with Gasteiger partial charge in [-0.3, -0.25) is 9.59 Å². The molecule has 2 amide bonds. The van der Waals surface area contributed by atoms with Gasteiger partial charge in [-0.25, -0.2) is 9.18 Å². The van der Waals surface area contributed by atoms with Crippen molar-refractivity contribution in [1.29, 1.82) is 0 Å². The number of likely N-dealkylation sites (tertiary alicyclic amines) is 1. The first-order valence-corrected chi connectivity index (χ1v) is 12.9. The summed E-state index contributed by atoms with van der Waals surface area (Å²) in [7, 11) is 0. The van der Waals surface area contributed by atoms with Gasteiger partial charge in [-0.05, 0) is 49.2 Å². The number of rotatable bonds is 7. The molecule has 11 heteroatoms. The maximum Gasteiger partial charge on any atom is 0.490 e. The Balaban J connectivity index is 1.18. The first-order valence-electron chi connectivity index (χ1n) is 12.9. The minimum absolute atomic E-state index is 0.0149. The average Bonchev–Trinajstić information content (AvgIpc) is 3.57. The number of esters is 1. The standard InChI is InChI=1S/C28H29F4N3O4/c29-20-8-6-19(7-9-20)22-17-34-23(36)26(22)10-13-35(14-11-26)15-12-33-24(37)27(39-25(38)28(30,31)32)16-21(27)18-4-2-1-3-5-18/h1-9,21-22H,10-17H2,(H,33,37)(H,34,36)/t21?,22-,27?/m1/s1. The summed E-state index contributed by atoms with van der Waals surface area (Å²) in [6, 6.07) is 14.7. The van der Waals surface area contributed by atoms with E-state index in [1.54, 1.807) is 42.5 Å². The molecule has 39 heavy (non-hydrogen) atoms. The maximum atomic E-state index is 13.4. The molecule has 0 aromatic heterocycles. The highest BCUT2D eigenvalue weighted by atomic mass is 19.4. The maximum absolute atomic E-state index is 13.4. The molecule has 2 aromatic carbocycles. The molecule has 2 aromatic rings. The highest BCUT2D eigenvalue weighted by molar-refractivity contribution is 5.93. The quantitative estimate of drug-likeness (QED) is 0.411. The number of carbonyl (C=O) groups excluding carboxylic acids is 3. The van der Waals surface area contributed by atoms with Crippen molar-refractivity contribution in [3.8, 4) is 0 Å². The van der Waals surface area contributed by atoms with Crippen molar-refractivity contribution in [1.82, 2.24) is 15.5 Å². The van der Waals surface area contributed by atoms with Crippen molar-refractivity contribution in [2.75, 3.05) is 32.7 Å². The number of nitrogens with zero attached hydrogens (tertiary/aromatic N) is 1. The van der Waals surface area contributed by atoms with E-state index in [1.807, 2.05) is 0 Å². The van der Waals surface area contributed by atoms with Gasteiger partial charge in [0.15, 0.2) is 5.60 Å². The third kappa shape index (κ3) is 5.24. The van der Waals surface area contributed by atoms with Crippen LogP contribution in [0.2, 0.25) is 0 Å². The number of piperidine rings is 1. The van der Waals surface area contributed by atoms with E-state index in [2.05, 4.69) is 15.5 Å². The van der Waals surface area contributed by atoms with Gasteiger partial charge in [0.1, 0.15) is 5.82 Å². The van der Waals surface area contributed by atoms with E-state index in [1.165, 1.54) is 12.1 Å². The van der Waals surface area contributed by atoms with Crippen LogP contribution < -0.4 is 10.6 Å². The molecule has 1 saturated carbocycles. The molecule has 5 rings (SSSR count). The Morgan fingerprint density at radius 2 is 1.64 bits per heavy atom. The van der Waals surface area contributed by atoms with Crippen LogP contribution in [0, 0.1) is 11.2 Å². The van der Waals surface area contributed by atoms with Crippen LogP contribution in [0.25, 0.3) is 0 Å². The Bertz CT molecular complexity index is 1230. The molecule has 2 aliphatic heterocycles. The lowest BCUT2D eigenvalue weighted by Crippen LogP contribution is -2.49. The van der Waals surface area contributed by atoms with Crippen LogP contribution >= 0.6 is 0 Å². The highest BCUT2D eigenvalue weighted by Crippen LogP contribution is 2.55. The second-order valence-electron chi connectivity index (χ2n) is 10.5.